The van der Waals surface area contributed by atoms with Crippen molar-refractivity contribution in [2.75, 3.05) is 18.4 Å². The van der Waals surface area contributed by atoms with Crippen LogP contribution >= 0.6 is 0 Å². The first-order valence-corrected chi connectivity index (χ1v) is 13.0. The van der Waals surface area contributed by atoms with Crippen molar-refractivity contribution in [3.05, 3.63) is 108 Å². The van der Waals surface area contributed by atoms with Gasteiger partial charge in [-0.25, -0.2) is 8.78 Å². The van der Waals surface area contributed by atoms with E-state index in [4.69, 9.17) is 0 Å². The van der Waals surface area contributed by atoms with Gasteiger partial charge in [-0.3, -0.25) is 14.7 Å². The molecular formula is C32H31F2N3O. The summed E-state index contributed by atoms with van der Waals surface area (Å²) < 4.78 is 31.0. The summed E-state index contributed by atoms with van der Waals surface area (Å²) in [5.74, 6) is -0.717. The Kier molecular flexibility index (Phi) is 7.61. The summed E-state index contributed by atoms with van der Waals surface area (Å²) in [4.78, 5) is 20.0. The lowest BCUT2D eigenvalue weighted by molar-refractivity contribution is -0.143. The SMILES string of the molecule is Cc1cc(-c2ccc(NC(=O)C(c3ccccc3-c3ccccc3)(C(F)F)N3CCCCC3)cc2)ccn1. The molecule has 1 aliphatic heterocycles. The van der Waals surface area contributed by atoms with Gasteiger partial charge in [-0.1, -0.05) is 73.2 Å². The number of carbonyl (C=O) groups is 1. The van der Waals surface area contributed by atoms with Crippen LogP contribution in [0.25, 0.3) is 22.3 Å². The monoisotopic (exact) mass is 511 g/mol. The van der Waals surface area contributed by atoms with E-state index < -0.39 is 17.9 Å². The van der Waals surface area contributed by atoms with Crippen LogP contribution in [0.2, 0.25) is 0 Å². The fourth-order valence-corrected chi connectivity index (χ4v) is 5.42. The van der Waals surface area contributed by atoms with Crippen LogP contribution in [0.4, 0.5) is 14.5 Å². The molecule has 1 fully saturated rings. The number of aryl methyl sites for hydroxylation is 1. The third-order valence-corrected chi connectivity index (χ3v) is 7.31. The number of alkyl halides is 2. The first-order chi connectivity index (χ1) is 18.5. The molecule has 4 nitrogen and oxygen atoms in total. The summed E-state index contributed by atoms with van der Waals surface area (Å²) in [6, 6.07) is 27.7. The van der Waals surface area contributed by atoms with Gasteiger partial charge in [0, 0.05) is 17.6 Å². The molecule has 1 aromatic heterocycles. The van der Waals surface area contributed by atoms with E-state index in [1.807, 2.05) is 73.7 Å². The third-order valence-electron chi connectivity index (χ3n) is 7.31. The molecule has 6 heteroatoms. The molecule has 2 heterocycles. The summed E-state index contributed by atoms with van der Waals surface area (Å²) in [7, 11) is 0. The van der Waals surface area contributed by atoms with Crippen LogP contribution < -0.4 is 5.32 Å². The van der Waals surface area contributed by atoms with Gasteiger partial charge >= 0.3 is 0 Å². The molecule has 194 valence electrons. The lowest BCUT2D eigenvalue weighted by Gasteiger charge is -2.45. The van der Waals surface area contributed by atoms with Crippen LogP contribution in [-0.2, 0) is 10.3 Å². The summed E-state index contributed by atoms with van der Waals surface area (Å²) in [5.41, 5.74) is 2.97. The van der Waals surface area contributed by atoms with Gasteiger partial charge in [0.1, 0.15) is 0 Å². The number of nitrogens with zero attached hydrogens (tertiary/aromatic N) is 2. The van der Waals surface area contributed by atoms with Crippen molar-refractivity contribution in [2.24, 2.45) is 0 Å². The van der Waals surface area contributed by atoms with E-state index >= 15 is 8.78 Å². The molecule has 4 aromatic rings. The average molecular weight is 512 g/mol. The van der Waals surface area contributed by atoms with Gasteiger partial charge in [-0.15, -0.1) is 0 Å². The maximum atomic E-state index is 15.5. The number of pyridine rings is 1. The van der Waals surface area contributed by atoms with Crippen LogP contribution in [0.1, 0.15) is 30.5 Å². The van der Waals surface area contributed by atoms with Crippen LogP contribution in [0.15, 0.2) is 97.2 Å². The van der Waals surface area contributed by atoms with Crippen LogP contribution in [-0.4, -0.2) is 35.3 Å². The van der Waals surface area contributed by atoms with Crippen molar-refractivity contribution in [1.29, 1.82) is 0 Å². The molecule has 3 aromatic carbocycles. The van der Waals surface area contributed by atoms with E-state index in [2.05, 4.69) is 10.3 Å². The number of anilines is 1. The second-order valence-electron chi connectivity index (χ2n) is 9.74. The molecule has 1 unspecified atom stereocenters. The number of likely N-dealkylation sites (tertiary alicyclic amines) is 1. The molecule has 5 rings (SSSR count). The van der Waals surface area contributed by atoms with Gasteiger partial charge < -0.3 is 5.32 Å². The number of rotatable bonds is 7. The molecule has 1 atom stereocenters. The Hall–Kier alpha value is -3.90. The molecule has 0 saturated carbocycles. The average Bonchev–Trinajstić information content (AvgIpc) is 2.95. The third kappa shape index (κ3) is 4.96. The van der Waals surface area contributed by atoms with Gasteiger partial charge in [0.15, 0.2) is 5.54 Å². The number of amides is 1. The van der Waals surface area contributed by atoms with Crippen molar-refractivity contribution in [2.45, 2.75) is 38.2 Å². The Labute approximate surface area is 222 Å². The van der Waals surface area contributed by atoms with E-state index in [-0.39, 0.29) is 0 Å². The van der Waals surface area contributed by atoms with E-state index in [0.717, 1.165) is 41.6 Å². The van der Waals surface area contributed by atoms with E-state index in [9.17, 15) is 4.79 Å². The first-order valence-electron chi connectivity index (χ1n) is 13.0. The minimum absolute atomic E-state index is 0.324. The molecule has 1 saturated heterocycles. The fraction of sp³-hybridized carbons (Fsp3) is 0.250. The van der Waals surface area contributed by atoms with Crippen molar-refractivity contribution < 1.29 is 13.6 Å². The Bertz CT molecular complexity index is 1390. The fourth-order valence-electron chi connectivity index (χ4n) is 5.42. The number of hydrogen-bond donors (Lipinski definition) is 1. The molecule has 1 amide bonds. The van der Waals surface area contributed by atoms with Gasteiger partial charge in [-0.05, 0) is 84.9 Å². The molecule has 0 spiro atoms. The Balaban J connectivity index is 1.56. The minimum Gasteiger partial charge on any atom is -0.324 e. The lowest BCUT2D eigenvalue weighted by atomic mass is 9.80. The quantitative estimate of drug-likeness (QED) is 0.283. The zero-order valence-electron chi connectivity index (χ0n) is 21.4. The van der Waals surface area contributed by atoms with Gasteiger partial charge in [-0.2, -0.15) is 0 Å². The predicted molar refractivity (Wildman–Crippen MR) is 148 cm³/mol. The Morgan fingerprint density at radius 3 is 2.21 bits per heavy atom. The van der Waals surface area contributed by atoms with Crippen molar-refractivity contribution >= 4 is 11.6 Å². The van der Waals surface area contributed by atoms with Crippen molar-refractivity contribution in [3.8, 4) is 22.3 Å². The lowest BCUT2D eigenvalue weighted by Crippen LogP contribution is -2.60. The van der Waals surface area contributed by atoms with E-state index in [1.165, 1.54) is 0 Å². The highest BCUT2D eigenvalue weighted by Crippen LogP contribution is 2.43. The minimum atomic E-state index is -2.94. The normalized spacial score (nSPS) is 15.7. The number of benzene rings is 3. The summed E-state index contributed by atoms with van der Waals surface area (Å²) in [6.07, 6.45) is 1.32. The number of aromatic nitrogens is 1. The van der Waals surface area contributed by atoms with Gasteiger partial charge in [0.05, 0.1) is 0 Å². The smallest absolute Gasteiger partial charge is 0.269 e. The summed E-state index contributed by atoms with van der Waals surface area (Å²) >= 11 is 0. The zero-order valence-corrected chi connectivity index (χ0v) is 21.4. The highest BCUT2D eigenvalue weighted by atomic mass is 19.3. The highest BCUT2D eigenvalue weighted by Gasteiger charge is 2.54. The van der Waals surface area contributed by atoms with Crippen LogP contribution in [0, 0.1) is 6.92 Å². The first kappa shape index (κ1) is 25.7. The molecule has 0 radical (unpaired) electrons. The number of hydrogen-bond acceptors (Lipinski definition) is 3. The van der Waals surface area contributed by atoms with Crippen LogP contribution in [0.5, 0.6) is 0 Å². The zero-order chi connectivity index (χ0) is 26.5. The molecule has 0 aliphatic carbocycles. The predicted octanol–water partition coefficient (Wildman–Crippen LogP) is 7.31. The molecular weight excluding hydrogens is 480 g/mol. The second kappa shape index (κ2) is 11.2. The number of halogens is 2. The number of piperidine rings is 1. The van der Waals surface area contributed by atoms with Crippen molar-refractivity contribution in [1.82, 2.24) is 9.88 Å². The highest BCUT2D eigenvalue weighted by molar-refractivity contribution is 6.01. The van der Waals surface area contributed by atoms with Crippen molar-refractivity contribution in [3.63, 3.8) is 0 Å². The number of carbonyl (C=O) groups excluding carboxylic acids is 1. The van der Waals surface area contributed by atoms with Gasteiger partial charge in [0.2, 0.25) is 0 Å². The summed E-state index contributed by atoms with van der Waals surface area (Å²) in [5, 5.41) is 2.86. The Morgan fingerprint density at radius 1 is 0.842 bits per heavy atom. The topological polar surface area (TPSA) is 45.2 Å². The molecule has 0 bridgehead atoms. The standard InChI is InChI=1S/C32H31F2N3O/c1-23-22-26(18-19-35-23)24-14-16-27(17-15-24)36-31(38)32(30(33)34,37-20-8-3-9-21-37)29-13-7-6-12-28(29)25-10-4-2-5-11-25/h2,4-7,10-19,22,30H,3,8-9,20-21H2,1H3,(H,36,38). The summed E-state index contributed by atoms with van der Waals surface area (Å²) in [6.45, 7) is 2.79. The van der Waals surface area contributed by atoms with Gasteiger partial charge in [0.25, 0.3) is 12.3 Å². The maximum absolute atomic E-state index is 15.5. The molecule has 1 N–H and O–H groups in total. The number of nitrogens with one attached hydrogen (secondary N) is 1. The maximum Gasteiger partial charge on any atom is 0.269 e. The second-order valence-corrected chi connectivity index (χ2v) is 9.74. The molecule has 1 aliphatic rings. The van der Waals surface area contributed by atoms with Crippen LogP contribution in [0.3, 0.4) is 0 Å². The largest absolute Gasteiger partial charge is 0.324 e. The van der Waals surface area contributed by atoms with E-state index in [1.54, 1.807) is 35.4 Å². The Morgan fingerprint density at radius 2 is 1.53 bits per heavy atom. The van der Waals surface area contributed by atoms with E-state index in [0.29, 0.717) is 29.9 Å². The molecule has 38 heavy (non-hydrogen) atoms.